The van der Waals surface area contributed by atoms with E-state index in [1.807, 2.05) is 12.1 Å². The number of hydrogen-bond donors (Lipinski definition) is 1. The summed E-state index contributed by atoms with van der Waals surface area (Å²) in [6, 6.07) is 21.6. The van der Waals surface area contributed by atoms with Crippen LogP contribution < -0.4 is 0 Å². The molecule has 0 aliphatic carbocycles. The molecule has 4 rings (SSSR count). The van der Waals surface area contributed by atoms with Crippen LogP contribution in [0.5, 0.6) is 0 Å². The molecule has 7 heteroatoms. The Kier molecular flexibility index (Phi) is 5.61. The van der Waals surface area contributed by atoms with E-state index in [9.17, 15) is 17.9 Å². The highest BCUT2D eigenvalue weighted by molar-refractivity contribution is 7.90. The van der Waals surface area contributed by atoms with Crippen LogP contribution in [-0.4, -0.2) is 25.6 Å². The lowest BCUT2D eigenvalue weighted by Crippen LogP contribution is -2.37. The average Bonchev–Trinajstić information content (AvgIpc) is 3.15. The molecular formula is C25H26FNO3SSi. The number of benzene rings is 3. The standard InChI is InChI=1S/C25H26FNO3SSi/c1-32(2,3)18-25(28,19-13-15-20(26)16-14-19)23-17-27(24-12-8-7-11-22(23)24)31(29,30)21-9-5-4-6-10-21/h4-17,28H,18H2,1-3H3. The van der Waals surface area contributed by atoms with Crippen molar-refractivity contribution < 1.29 is 17.9 Å². The molecule has 3 aromatic carbocycles. The van der Waals surface area contributed by atoms with Crippen molar-refractivity contribution in [2.75, 3.05) is 0 Å². The number of fused-ring (bicyclic) bond motifs is 1. The zero-order valence-corrected chi connectivity index (χ0v) is 20.1. The molecule has 0 saturated heterocycles. The molecule has 1 atom stereocenters. The summed E-state index contributed by atoms with van der Waals surface area (Å²) < 4.78 is 41.9. The topological polar surface area (TPSA) is 59.3 Å². The van der Waals surface area contributed by atoms with E-state index in [0.29, 0.717) is 28.1 Å². The van der Waals surface area contributed by atoms with Gasteiger partial charge in [-0.2, -0.15) is 0 Å². The molecule has 0 bridgehead atoms. The molecule has 4 aromatic rings. The maximum atomic E-state index is 13.7. The summed E-state index contributed by atoms with van der Waals surface area (Å²) in [4.78, 5) is 0.169. The molecule has 0 aliphatic rings. The van der Waals surface area contributed by atoms with Gasteiger partial charge in [0.05, 0.1) is 10.4 Å². The van der Waals surface area contributed by atoms with E-state index in [1.54, 1.807) is 54.6 Å². The van der Waals surface area contributed by atoms with E-state index < -0.39 is 29.5 Å². The number of aromatic nitrogens is 1. The largest absolute Gasteiger partial charge is 0.381 e. The third kappa shape index (κ3) is 4.03. The second-order valence-corrected chi connectivity index (χ2v) is 16.6. The molecule has 4 nitrogen and oxygen atoms in total. The lowest BCUT2D eigenvalue weighted by Gasteiger charge is -2.34. The Hall–Kier alpha value is -2.74. The molecular weight excluding hydrogens is 441 g/mol. The van der Waals surface area contributed by atoms with Gasteiger partial charge in [-0.05, 0) is 41.9 Å². The van der Waals surface area contributed by atoms with Gasteiger partial charge in [0, 0.05) is 25.2 Å². The molecule has 166 valence electrons. The van der Waals surface area contributed by atoms with Crippen molar-refractivity contribution in [2.45, 2.75) is 36.2 Å². The first-order valence-corrected chi connectivity index (χ1v) is 15.6. The lowest BCUT2D eigenvalue weighted by molar-refractivity contribution is 0.102. The molecule has 1 N–H and O–H groups in total. The maximum absolute atomic E-state index is 13.7. The number of para-hydroxylation sites is 1. The first kappa shape index (κ1) is 22.5. The average molecular weight is 468 g/mol. The van der Waals surface area contributed by atoms with Crippen LogP contribution in [0.4, 0.5) is 4.39 Å². The van der Waals surface area contributed by atoms with E-state index in [2.05, 4.69) is 19.6 Å². The van der Waals surface area contributed by atoms with Crippen molar-refractivity contribution in [3.05, 3.63) is 102 Å². The van der Waals surface area contributed by atoms with Crippen LogP contribution in [0.3, 0.4) is 0 Å². The molecule has 0 radical (unpaired) electrons. The van der Waals surface area contributed by atoms with Gasteiger partial charge in [-0.3, -0.25) is 0 Å². The van der Waals surface area contributed by atoms with Gasteiger partial charge < -0.3 is 5.11 Å². The third-order valence-electron chi connectivity index (χ3n) is 5.53. The van der Waals surface area contributed by atoms with Gasteiger partial charge in [-0.1, -0.05) is 68.2 Å². The van der Waals surface area contributed by atoms with Gasteiger partial charge in [0.25, 0.3) is 10.0 Å². The first-order valence-electron chi connectivity index (χ1n) is 10.4. The Bertz CT molecular complexity index is 1360. The summed E-state index contributed by atoms with van der Waals surface area (Å²) in [5.74, 6) is -0.391. The highest BCUT2D eigenvalue weighted by Gasteiger charge is 2.40. The molecule has 0 aliphatic heterocycles. The SMILES string of the molecule is C[Si](C)(C)CC(O)(c1ccc(F)cc1)c1cn(S(=O)(=O)c2ccccc2)c2ccccc12. The van der Waals surface area contributed by atoms with Gasteiger partial charge in [0.1, 0.15) is 11.4 Å². The Morgan fingerprint density at radius 1 is 0.906 bits per heavy atom. The second-order valence-electron chi connectivity index (χ2n) is 9.28. The van der Waals surface area contributed by atoms with E-state index in [0.717, 1.165) is 0 Å². The molecule has 0 amide bonds. The smallest absolute Gasteiger partial charge is 0.268 e. The third-order valence-corrected chi connectivity index (χ3v) is 8.79. The van der Waals surface area contributed by atoms with E-state index in [4.69, 9.17) is 0 Å². The molecule has 0 saturated carbocycles. The number of hydrogen-bond acceptors (Lipinski definition) is 3. The Morgan fingerprint density at radius 2 is 1.50 bits per heavy atom. The van der Waals surface area contributed by atoms with E-state index >= 15 is 0 Å². The van der Waals surface area contributed by atoms with Gasteiger partial charge in [0.15, 0.2) is 0 Å². The van der Waals surface area contributed by atoms with Gasteiger partial charge >= 0.3 is 0 Å². The normalized spacial score (nSPS) is 14.4. The number of halogens is 1. The summed E-state index contributed by atoms with van der Waals surface area (Å²) in [7, 11) is -5.74. The summed E-state index contributed by atoms with van der Waals surface area (Å²) in [5.41, 5.74) is 0.0698. The highest BCUT2D eigenvalue weighted by atomic mass is 32.2. The van der Waals surface area contributed by atoms with Crippen molar-refractivity contribution in [1.82, 2.24) is 3.97 Å². The van der Waals surface area contributed by atoms with Gasteiger partial charge in [0.2, 0.25) is 0 Å². The van der Waals surface area contributed by atoms with Crippen molar-refractivity contribution in [3.63, 3.8) is 0 Å². The maximum Gasteiger partial charge on any atom is 0.268 e. The summed E-state index contributed by atoms with van der Waals surface area (Å²) in [6.45, 7) is 6.42. The predicted molar refractivity (Wildman–Crippen MR) is 129 cm³/mol. The fourth-order valence-electron chi connectivity index (χ4n) is 4.23. The molecule has 1 heterocycles. The minimum Gasteiger partial charge on any atom is -0.381 e. The predicted octanol–water partition coefficient (Wildman–Crippen LogP) is 5.59. The number of rotatable bonds is 6. The highest BCUT2D eigenvalue weighted by Crippen LogP contribution is 2.42. The molecule has 1 unspecified atom stereocenters. The summed E-state index contributed by atoms with van der Waals surface area (Å²) in [6.07, 6.45) is 1.52. The Morgan fingerprint density at radius 3 is 2.12 bits per heavy atom. The molecule has 32 heavy (non-hydrogen) atoms. The van der Waals surface area contributed by atoms with Crippen LogP contribution in [0, 0.1) is 5.82 Å². The van der Waals surface area contributed by atoms with Crippen LogP contribution in [0.2, 0.25) is 25.7 Å². The van der Waals surface area contributed by atoms with Crippen LogP contribution in [0.1, 0.15) is 11.1 Å². The number of nitrogens with zero attached hydrogens (tertiary/aromatic N) is 1. The fraction of sp³-hybridized carbons (Fsp3) is 0.200. The zero-order valence-electron chi connectivity index (χ0n) is 18.3. The van der Waals surface area contributed by atoms with Crippen molar-refractivity contribution >= 4 is 29.0 Å². The Labute approximate surface area is 189 Å². The molecule has 0 spiro atoms. The fourth-order valence-corrected chi connectivity index (χ4v) is 7.55. The first-order chi connectivity index (χ1) is 15.0. The van der Waals surface area contributed by atoms with Crippen LogP contribution in [0.15, 0.2) is 90.0 Å². The monoisotopic (exact) mass is 467 g/mol. The van der Waals surface area contributed by atoms with E-state index in [-0.39, 0.29) is 4.90 Å². The van der Waals surface area contributed by atoms with Crippen molar-refractivity contribution in [2.24, 2.45) is 0 Å². The summed E-state index contributed by atoms with van der Waals surface area (Å²) in [5, 5.41) is 12.8. The van der Waals surface area contributed by atoms with E-state index in [1.165, 1.54) is 22.3 Å². The van der Waals surface area contributed by atoms with Crippen LogP contribution in [0.25, 0.3) is 10.9 Å². The number of aliphatic hydroxyl groups is 1. The minimum absolute atomic E-state index is 0.169. The Balaban J connectivity index is 2.02. The second kappa shape index (κ2) is 7.99. The van der Waals surface area contributed by atoms with Crippen LogP contribution >= 0.6 is 0 Å². The zero-order chi connectivity index (χ0) is 23.1. The molecule has 1 aromatic heterocycles. The molecule has 0 fully saturated rings. The lowest BCUT2D eigenvalue weighted by atomic mass is 9.87. The quantitative estimate of drug-likeness (QED) is 0.376. The van der Waals surface area contributed by atoms with Gasteiger partial charge in [-0.25, -0.2) is 16.8 Å². The van der Waals surface area contributed by atoms with Gasteiger partial charge in [-0.15, -0.1) is 0 Å². The van der Waals surface area contributed by atoms with Crippen molar-refractivity contribution in [1.29, 1.82) is 0 Å². The van der Waals surface area contributed by atoms with Crippen molar-refractivity contribution in [3.8, 4) is 0 Å². The minimum atomic E-state index is -3.88. The summed E-state index contributed by atoms with van der Waals surface area (Å²) >= 11 is 0. The van der Waals surface area contributed by atoms with Crippen LogP contribution in [-0.2, 0) is 15.6 Å².